The molecule has 5 heteroatoms. The van der Waals surface area contributed by atoms with Crippen molar-refractivity contribution in [3.05, 3.63) is 58.3 Å². The number of halogens is 2. The highest BCUT2D eigenvalue weighted by atomic mass is 35.5. The number of aryl methyl sites for hydroxylation is 1. The fourth-order valence-corrected chi connectivity index (χ4v) is 2.35. The molecule has 114 valence electrons. The highest BCUT2D eigenvalue weighted by Crippen LogP contribution is 2.22. The zero-order valence-corrected chi connectivity index (χ0v) is 13.0. The minimum Gasteiger partial charge on any atom is -0.465 e. The Hall–Kier alpha value is -1.36. The van der Waals surface area contributed by atoms with Crippen LogP contribution in [0, 0.1) is 12.7 Å². The van der Waals surface area contributed by atoms with E-state index in [1.807, 2.05) is 24.0 Å². The molecule has 0 fully saturated rings. The molecule has 0 aliphatic rings. The van der Waals surface area contributed by atoms with Gasteiger partial charge in [0.2, 0.25) is 0 Å². The van der Waals surface area contributed by atoms with Crippen molar-refractivity contribution in [2.75, 3.05) is 20.3 Å². The van der Waals surface area contributed by atoms with Crippen LogP contribution in [-0.2, 0) is 17.8 Å². The van der Waals surface area contributed by atoms with Crippen molar-refractivity contribution in [3.8, 4) is 0 Å². The Morgan fingerprint density at radius 3 is 2.67 bits per heavy atom. The largest absolute Gasteiger partial charge is 0.465 e. The summed E-state index contributed by atoms with van der Waals surface area (Å²) in [5.74, 6) is 1.41. The third-order valence-electron chi connectivity index (χ3n) is 3.23. The van der Waals surface area contributed by atoms with Gasteiger partial charge in [0.15, 0.2) is 0 Å². The van der Waals surface area contributed by atoms with Gasteiger partial charge in [0.25, 0.3) is 0 Å². The molecule has 2 rings (SSSR count). The van der Waals surface area contributed by atoms with Crippen LogP contribution in [0.3, 0.4) is 0 Å². The van der Waals surface area contributed by atoms with Gasteiger partial charge in [-0.1, -0.05) is 17.7 Å². The predicted molar refractivity (Wildman–Crippen MR) is 80.8 cm³/mol. The monoisotopic (exact) mass is 311 g/mol. The molecule has 1 aromatic heterocycles. The van der Waals surface area contributed by atoms with Gasteiger partial charge in [0.05, 0.1) is 13.2 Å². The molecule has 1 heterocycles. The van der Waals surface area contributed by atoms with Gasteiger partial charge >= 0.3 is 0 Å². The molecular weight excluding hydrogens is 293 g/mol. The first kappa shape index (κ1) is 16.0. The number of furan rings is 1. The van der Waals surface area contributed by atoms with E-state index in [-0.39, 0.29) is 5.82 Å². The Morgan fingerprint density at radius 1 is 1.24 bits per heavy atom. The molecule has 0 N–H and O–H groups in total. The lowest BCUT2D eigenvalue weighted by molar-refractivity contribution is 0.134. The lowest BCUT2D eigenvalue weighted by atomic mass is 10.2. The van der Waals surface area contributed by atoms with Crippen LogP contribution in [-0.4, -0.2) is 25.2 Å². The van der Waals surface area contributed by atoms with Gasteiger partial charge in [-0.3, -0.25) is 4.90 Å². The molecule has 1 aromatic carbocycles. The first-order valence-electron chi connectivity index (χ1n) is 6.79. The number of rotatable bonds is 7. The molecule has 0 amide bonds. The van der Waals surface area contributed by atoms with E-state index in [9.17, 15) is 4.39 Å². The highest BCUT2D eigenvalue weighted by molar-refractivity contribution is 6.31. The van der Waals surface area contributed by atoms with Crippen molar-refractivity contribution >= 4 is 11.6 Å². The third-order valence-corrected chi connectivity index (χ3v) is 3.58. The quantitative estimate of drug-likeness (QED) is 0.772. The van der Waals surface area contributed by atoms with Crippen LogP contribution >= 0.6 is 11.6 Å². The first-order valence-corrected chi connectivity index (χ1v) is 7.17. The average Bonchev–Trinajstić information content (AvgIpc) is 2.85. The summed E-state index contributed by atoms with van der Waals surface area (Å²) < 4.78 is 24.6. The summed E-state index contributed by atoms with van der Waals surface area (Å²) in [7, 11) is 1.64. The number of methoxy groups -OCH3 is 1. The molecule has 2 aromatic rings. The maximum atomic E-state index is 13.9. The highest BCUT2D eigenvalue weighted by Gasteiger charge is 2.14. The smallest absolute Gasteiger partial charge is 0.129 e. The first-order chi connectivity index (χ1) is 10.1. The molecule has 0 aliphatic heterocycles. The van der Waals surface area contributed by atoms with Crippen molar-refractivity contribution in [2.45, 2.75) is 20.0 Å². The van der Waals surface area contributed by atoms with Crippen LogP contribution in [0.5, 0.6) is 0 Å². The van der Waals surface area contributed by atoms with E-state index in [2.05, 4.69) is 0 Å². The lowest BCUT2D eigenvalue weighted by Gasteiger charge is -2.21. The summed E-state index contributed by atoms with van der Waals surface area (Å²) >= 11 is 6.09. The van der Waals surface area contributed by atoms with Gasteiger partial charge in [0.1, 0.15) is 17.3 Å². The zero-order chi connectivity index (χ0) is 15.2. The zero-order valence-electron chi connectivity index (χ0n) is 12.2. The van der Waals surface area contributed by atoms with Crippen molar-refractivity contribution in [2.24, 2.45) is 0 Å². The van der Waals surface area contributed by atoms with Crippen molar-refractivity contribution < 1.29 is 13.5 Å². The normalized spacial score (nSPS) is 11.3. The minimum absolute atomic E-state index is 0.291. The summed E-state index contributed by atoms with van der Waals surface area (Å²) in [4.78, 5) is 2.05. The summed E-state index contributed by atoms with van der Waals surface area (Å²) in [6.45, 7) is 4.12. The van der Waals surface area contributed by atoms with E-state index in [0.29, 0.717) is 36.8 Å². The SMILES string of the molecule is COCCN(Cc1ccc(C)o1)Cc1c(F)cccc1Cl. The van der Waals surface area contributed by atoms with Crippen LogP contribution in [0.2, 0.25) is 5.02 Å². The molecule has 0 bridgehead atoms. The molecule has 0 atom stereocenters. The maximum absolute atomic E-state index is 13.9. The summed E-state index contributed by atoms with van der Waals surface area (Å²) in [5, 5.41) is 0.438. The van der Waals surface area contributed by atoms with Crippen molar-refractivity contribution in [3.63, 3.8) is 0 Å². The molecule has 0 saturated carbocycles. The number of benzene rings is 1. The fourth-order valence-electron chi connectivity index (χ4n) is 2.13. The molecule has 0 radical (unpaired) electrons. The van der Waals surface area contributed by atoms with Crippen LogP contribution in [0.15, 0.2) is 34.7 Å². The van der Waals surface area contributed by atoms with Crippen LogP contribution in [0.25, 0.3) is 0 Å². The molecule has 0 saturated heterocycles. The van der Waals surface area contributed by atoms with Crippen molar-refractivity contribution in [1.29, 1.82) is 0 Å². The molecule has 0 spiro atoms. The van der Waals surface area contributed by atoms with Crippen molar-refractivity contribution in [1.82, 2.24) is 4.90 Å². The second kappa shape index (κ2) is 7.59. The van der Waals surface area contributed by atoms with E-state index in [1.165, 1.54) is 6.07 Å². The molecule has 21 heavy (non-hydrogen) atoms. The predicted octanol–water partition coefficient (Wildman–Crippen LogP) is 4.03. The van der Waals surface area contributed by atoms with E-state index in [4.69, 9.17) is 20.8 Å². The molecule has 0 aliphatic carbocycles. The van der Waals surface area contributed by atoms with Crippen LogP contribution in [0.1, 0.15) is 17.1 Å². The number of hydrogen-bond acceptors (Lipinski definition) is 3. The molecule has 0 unspecified atom stereocenters. The van der Waals surface area contributed by atoms with Gasteiger partial charge in [-0.15, -0.1) is 0 Å². The molecule has 3 nitrogen and oxygen atoms in total. The summed E-state index contributed by atoms with van der Waals surface area (Å²) in [6, 6.07) is 8.58. The fraction of sp³-hybridized carbons (Fsp3) is 0.375. The Bertz CT molecular complexity index is 565. The van der Waals surface area contributed by atoms with Crippen LogP contribution < -0.4 is 0 Å². The number of nitrogens with zero attached hydrogens (tertiary/aromatic N) is 1. The second-order valence-corrected chi connectivity index (χ2v) is 5.32. The topological polar surface area (TPSA) is 25.6 Å². The summed E-state index contributed by atoms with van der Waals surface area (Å²) in [5.41, 5.74) is 0.499. The van der Waals surface area contributed by atoms with Gasteiger partial charge < -0.3 is 9.15 Å². The van der Waals surface area contributed by atoms with Gasteiger partial charge in [-0.2, -0.15) is 0 Å². The summed E-state index contributed by atoms with van der Waals surface area (Å²) in [6.07, 6.45) is 0. The standard InChI is InChI=1S/C16H19ClFNO2/c1-12-6-7-13(21-12)10-19(8-9-20-2)11-14-15(17)4-3-5-16(14)18/h3-7H,8-11H2,1-2H3. The van der Waals surface area contributed by atoms with Crippen LogP contribution in [0.4, 0.5) is 4.39 Å². The van der Waals surface area contributed by atoms with Gasteiger partial charge in [-0.25, -0.2) is 4.39 Å². The van der Waals surface area contributed by atoms with Gasteiger partial charge in [0, 0.05) is 30.8 Å². The average molecular weight is 312 g/mol. The van der Waals surface area contributed by atoms with E-state index in [1.54, 1.807) is 19.2 Å². The minimum atomic E-state index is -0.291. The van der Waals surface area contributed by atoms with Gasteiger partial charge in [-0.05, 0) is 31.2 Å². The third kappa shape index (κ3) is 4.56. The maximum Gasteiger partial charge on any atom is 0.129 e. The lowest BCUT2D eigenvalue weighted by Crippen LogP contribution is -2.27. The second-order valence-electron chi connectivity index (χ2n) is 4.92. The molecular formula is C16H19ClFNO2. The Labute approximate surface area is 129 Å². The van der Waals surface area contributed by atoms with E-state index in [0.717, 1.165) is 11.5 Å². The Kier molecular flexibility index (Phi) is 5.79. The van der Waals surface area contributed by atoms with E-state index < -0.39 is 0 Å². The Morgan fingerprint density at radius 2 is 2.05 bits per heavy atom. The van der Waals surface area contributed by atoms with E-state index >= 15 is 0 Å². The number of hydrogen-bond donors (Lipinski definition) is 0. The Balaban J connectivity index is 2.12. The number of ether oxygens (including phenoxy) is 1.